The Hall–Kier alpha value is -2.42. The maximum absolute atomic E-state index is 12.6. The van der Waals surface area contributed by atoms with Crippen LogP contribution < -0.4 is 0 Å². The van der Waals surface area contributed by atoms with Crippen molar-refractivity contribution < 1.29 is 38.5 Å². The van der Waals surface area contributed by atoms with Crippen molar-refractivity contribution in [2.24, 2.45) is 5.92 Å². The topological polar surface area (TPSA) is 119 Å². The fraction of sp³-hybridized carbons (Fsp3) is 0.625. The van der Waals surface area contributed by atoms with Crippen molar-refractivity contribution in [3.05, 3.63) is 12.3 Å². The summed E-state index contributed by atoms with van der Waals surface area (Å²) in [5, 5.41) is 10.7. The van der Waals surface area contributed by atoms with Gasteiger partial charge in [0.25, 0.3) is 5.91 Å². The molecule has 9 nitrogen and oxygen atoms in total. The van der Waals surface area contributed by atoms with Gasteiger partial charge in [0.05, 0.1) is 20.1 Å². The summed E-state index contributed by atoms with van der Waals surface area (Å²) in [6, 6.07) is 0. The third-order valence-corrected chi connectivity index (χ3v) is 3.33. The Morgan fingerprint density at radius 2 is 1.92 bits per heavy atom. The molecule has 0 spiro atoms. The molecule has 0 aliphatic carbocycles. The molecule has 2 amide bonds. The second kappa shape index (κ2) is 7.64. The van der Waals surface area contributed by atoms with Gasteiger partial charge in [-0.25, -0.2) is 14.5 Å². The van der Waals surface area contributed by atoms with Gasteiger partial charge in [-0.3, -0.25) is 9.59 Å². The van der Waals surface area contributed by atoms with Crippen molar-refractivity contribution in [2.45, 2.75) is 45.3 Å². The van der Waals surface area contributed by atoms with E-state index in [9.17, 15) is 24.3 Å². The van der Waals surface area contributed by atoms with Crippen molar-refractivity contribution >= 4 is 23.9 Å². The first-order chi connectivity index (χ1) is 11.5. The average molecular weight is 357 g/mol. The number of hydrogen-bond donors (Lipinski definition) is 1. The number of carbonyl (C=O) groups excluding carboxylic acids is 4. The first-order valence-electron chi connectivity index (χ1n) is 7.68. The Kier molecular flexibility index (Phi) is 6.31. The predicted octanol–water partition coefficient (Wildman–Crippen LogP) is 0.751. The maximum atomic E-state index is 12.6. The van der Waals surface area contributed by atoms with E-state index in [0.717, 1.165) is 13.3 Å². The van der Waals surface area contributed by atoms with E-state index in [-0.39, 0.29) is 6.61 Å². The van der Waals surface area contributed by atoms with Crippen molar-refractivity contribution in [3.8, 4) is 0 Å². The molecule has 1 aliphatic heterocycles. The number of methoxy groups -OCH3 is 1. The second-order valence-corrected chi connectivity index (χ2v) is 6.37. The van der Waals surface area contributed by atoms with Crippen LogP contribution in [0.2, 0.25) is 0 Å². The molecular weight excluding hydrogens is 334 g/mol. The van der Waals surface area contributed by atoms with Gasteiger partial charge in [0.1, 0.15) is 5.60 Å². The summed E-state index contributed by atoms with van der Waals surface area (Å²) in [5.74, 6) is -4.50. The highest BCUT2D eigenvalue weighted by Gasteiger charge is 2.57. The van der Waals surface area contributed by atoms with Crippen LogP contribution in [0.15, 0.2) is 12.3 Å². The normalized spacial score (nSPS) is 23.2. The number of nitrogens with zero attached hydrogens (tertiary/aromatic N) is 1. The van der Waals surface area contributed by atoms with Crippen LogP contribution in [0.1, 0.15) is 34.1 Å². The van der Waals surface area contributed by atoms with Gasteiger partial charge in [-0.2, -0.15) is 0 Å². The van der Waals surface area contributed by atoms with Gasteiger partial charge in [-0.1, -0.05) is 6.08 Å². The lowest BCUT2D eigenvalue weighted by molar-refractivity contribution is -0.179. The van der Waals surface area contributed by atoms with Crippen LogP contribution >= 0.6 is 0 Å². The predicted molar refractivity (Wildman–Crippen MR) is 83.9 cm³/mol. The number of imide groups is 1. The first kappa shape index (κ1) is 20.6. The molecule has 140 valence electrons. The second-order valence-electron chi connectivity index (χ2n) is 6.37. The number of rotatable bonds is 4. The molecule has 0 saturated carbocycles. The van der Waals surface area contributed by atoms with Crippen LogP contribution in [0.3, 0.4) is 0 Å². The lowest BCUT2D eigenvalue weighted by Crippen LogP contribution is -2.61. The van der Waals surface area contributed by atoms with E-state index in [2.05, 4.69) is 4.74 Å². The third kappa shape index (κ3) is 4.56. The van der Waals surface area contributed by atoms with E-state index in [1.54, 1.807) is 27.7 Å². The third-order valence-electron chi connectivity index (χ3n) is 3.33. The minimum absolute atomic E-state index is 0.101. The van der Waals surface area contributed by atoms with Crippen molar-refractivity contribution in [2.75, 3.05) is 13.7 Å². The Morgan fingerprint density at radius 1 is 1.32 bits per heavy atom. The van der Waals surface area contributed by atoms with E-state index in [1.807, 2.05) is 0 Å². The number of ether oxygens (including phenoxy) is 3. The number of hydrogen-bond acceptors (Lipinski definition) is 8. The largest absolute Gasteiger partial charge is 0.466 e. The van der Waals surface area contributed by atoms with Crippen LogP contribution in [-0.4, -0.2) is 58.9 Å². The van der Waals surface area contributed by atoms with Gasteiger partial charge in [0.2, 0.25) is 5.60 Å². The monoisotopic (exact) mass is 357 g/mol. The quantitative estimate of drug-likeness (QED) is 0.445. The molecule has 1 heterocycles. The molecular formula is C16H23NO8. The van der Waals surface area contributed by atoms with Gasteiger partial charge in [0, 0.05) is 12.1 Å². The molecule has 1 aliphatic rings. The smallest absolute Gasteiger partial charge is 0.421 e. The summed E-state index contributed by atoms with van der Waals surface area (Å²) < 4.78 is 14.3. The van der Waals surface area contributed by atoms with Gasteiger partial charge >= 0.3 is 18.0 Å². The average Bonchev–Trinajstić information content (AvgIpc) is 2.49. The van der Waals surface area contributed by atoms with Gasteiger partial charge in [0.15, 0.2) is 0 Å². The number of aliphatic hydroxyl groups is 1. The van der Waals surface area contributed by atoms with E-state index in [0.29, 0.717) is 4.90 Å². The molecule has 0 bridgehead atoms. The Balaban J connectivity index is 3.19. The van der Waals surface area contributed by atoms with E-state index in [4.69, 9.17) is 9.47 Å². The molecule has 1 rings (SSSR count). The van der Waals surface area contributed by atoms with Crippen LogP contribution in [0.5, 0.6) is 0 Å². The highest BCUT2D eigenvalue weighted by atomic mass is 16.6. The lowest BCUT2D eigenvalue weighted by Gasteiger charge is -2.36. The Bertz CT molecular complexity index is 591. The molecule has 0 radical (unpaired) electrons. The van der Waals surface area contributed by atoms with E-state index >= 15 is 0 Å². The highest BCUT2D eigenvalue weighted by molar-refractivity contribution is 6.12. The zero-order valence-electron chi connectivity index (χ0n) is 14.9. The van der Waals surface area contributed by atoms with Crippen LogP contribution in [0, 0.1) is 5.92 Å². The van der Waals surface area contributed by atoms with E-state index < -0.39 is 47.5 Å². The molecule has 0 aromatic heterocycles. The van der Waals surface area contributed by atoms with Gasteiger partial charge in [-0.05, 0) is 27.7 Å². The van der Waals surface area contributed by atoms with Crippen molar-refractivity contribution in [3.63, 3.8) is 0 Å². The van der Waals surface area contributed by atoms with Gasteiger partial charge < -0.3 is 19.3 Å². The van der Waals surface area contributed by atoms with Crippen molar-refractivity contribution in [1.82, 2.24) is 4.90 Å². The summed E-state index contributed by atoms with van der Waals surface area (Å²) in [5.41, 5.74) is -3.64. The zero-order valence-corrected chi connectivity index (χ0v) is 14.9. The number of carbonyl (C=O) groups is 4. The van der Waals surface area contributed by atoms with E-state index in [1.165, 1.54) is 6.08 Å². The first-order valence-corrected chi connectivity index (χ1v) is 7.68. The van der Waals surface area contributed by atoms with Crippen LogP contribution in [-0.2, 0) is 28.6 Å². The maximum Gasteiger partial charge on any atom is 0.421 e. The molecule has 9 heteroatoms. The SMILES string of the molecule is CCOC(=O)C[C@@H]1C=CN(C(=O)OC(C)(C)C)C(=O)[C@]1(O)C(=O)OC. The summed E-state index contributed by atoms with van der Waals surface area (Å²) >= 11 is 0. The van der Waals surface area contributed by atoms with Gasteiger partial charge in [-0.15, -0.1) is 0 Å². The number of esters is 2. The summed E-state index contributed by atoms with van der Waals surface area (Å²) in [7, 11) is 0.977. The summed E-state index contributed by atoms with van der Waals surface area (Å²) in [4.78, 5) is 48.9. The zero-order chi connectivity index (χ0) is 19.4. The van der Waals surface area contributed by atoms with Crippen molar-refractivity contribution in [1.29, 1.82) is 0 Å². The minimum atomic E-state index is -2.74. The molecule has 1 N–H and O–H groups in total. The Morgan fingerprint density at radius 3 is 2.40 bits per heavy atom. The highest BCUT2D eigenvalue weighted by Crippen LogP contribution is 2.32. The molecule has 0 fully saturated rings. The standard InChI is InChI=1S/C16H23NO8/c1-6-24-11(18)9-10-7-8-17(14(21)25-15(2,3)4)12(19)16(10,22)13(20)23-5/h7-8,10,22H,6,9H2,1-5H3/t10-,16-/m0/s1. The molecule has 0 unspecified atom stereocenters. The molecule has 2 atom stereocenters. The minimum Gasteiger partial charge on any atom is -0.466 e. The molecule has 0 aromatic rings. The molecule has 0 aromatic carbocycles. The fourth-order valence-corrected chi connectivity index (χ4v) is 2.20. The molecule has 0 saturated heterocycles. The lowest BCUT2D eigenvalue weighted by atomic mass is 9.81. The summed E-state index contributed by atoms with van der Waals surface area (Å²) in [6.07, 6.45) is 0.742. The molecule has 25 heavy (non-hydrogen) atoms. The van der Waals surface area contributed by atoms with Crippen LogP contribution in [0.25, 0.3) is 0 Å². The van der Waals surface area contributed by atoms with Crippen LogP contribution in [0.4, 0.5) is 4.79 Å². The Labute approximate surface area is 145 Å². The number of amides is 2. The fourth-order valence-electron chi connectivity index (χ4n) is 2.20. The summed E-state index contributed by atoms with van der Waals surface area (Å²) in [6.45, 7) is 6.48.